The molecule has 0 amide bonds. The molecule has 0 saturated carbocycles. The van der Waals surface area contributed by atoms with Gasteiger partial charge in [0.25, 0.3) is 0 Å². The van der Waals surface area contributed by atoms with Gasteiger partial charge in [-0.3, -0.25) is 9.38 Å². The molecule has 0 spiro atoms. The molecule has 0 saturated heterocycles. The summed E-state index contributed by atoms with van der Waals surface area (Å²) in [5.41, 5.74) is 6.77. The molecule has 5 aromatic rings. The van der Waals surface area contributed by atoms with Gasteiger partial charge in [-0.1, -0.05) is 6.92 Å². The average molecular weight is 446 g/mol. The minimum atomic E-state index is 0.597. The van der Waals surface area contributed by atoms with Gasteiger partial charge in [-0.15, -0.1) is 0 Å². The second-order valence-electron chi connectivity index (χ2n) is 7.47. The van der Waals surface area contributed by atoms with Gasteiger partial charge >= 0.3 is 0 Å². The highest BCUT2D eigenvalue weighted by Crippen LogP contribution is 2.29. The number of aromatic nitrogens is 6. The Bertz CT molecular complexity index is 1380. The summed E-state index contributed by atoms with van der Waals surface area (Å²) in [6.07, 6.45) is 9.23. The van der Waals surface area contributed by atoms with Crippen LogP contribution in [0.25, 0.3) is 16.9 Å². The minimum absolute atomic E-state index is 0.597. The third-order valence-electron chi connectivity index (χ3n) is 5.25. The fourth-order valence-corrected chi connectivity index (χ4v) is 4.35. The number of hydrogen-bond acceptors (Lipinski definition) is 7. The number of pyridine rings is 1. The standard InChI is InChI=1S/C23H23N7OS/c1-4-16-8-15(11-25-16)19-12-26-23-22(27-14(2)13-30(19)23)28-21-10-17(29-32-21)9-18-20(31-3)6-5-7-24-18/h5-8,10-13,25H,4,9H2,1-3H3,(H,27,28). The lowest BCUT2D eigenvalue weighted by Gasteiger charge is -2.07. The molecule has 0 aliphatic rings. The first-order valence-electron chi connectivity index (χ1n) is 10.4. The summed E-state index contributed by atoms with van der Waals surface area (Å²) >= 11 is 1.39. The first-order chi connectivity index (χ1) is 15.6. The number of methoxy groups -OCH3 is 1. The number of aryl methyl sites for hydroxylation is 2. The van der Waals surface area contributed by atoms with Gasteiger partial charge in [0.1, 0.15) is 10.8 Å². The predicted octanol–water partition coefficient (Wildman–Crippen LogP) is 4.79. The molecule has 32 heavy (non-hydrogen) atoms. The SMILES string of the molecule is CCc1cc(-c2cnc3c(Nc4cc(Cc5ncccc5OC)ns4)nc(C)cn23)c[nH]1. The Hall–Kier alpha value is -3.72. The number of fused-ring (bicyclic) bond motifs is 1. The summed E-state index contributed by atoms with van der Waals surface area (Å²) in [7, 11) is 1.65. The van der Waals surface area contributed by atoms with Crippen LogP contribution in [0.15, 0.2) is 49.1 Å². The van der Waals surface area contributed by atoms with Crippen LogP contribution in [0.1, 0.15) is 29.7 Å². The molecule has 5 aromatic heterocycles. The van der Waals surface area contributed by atoms with Crippen LogP contribution in [0, 0.1) is 6.92 Å². The molecule has 2 N–H and O–H groups in total. The number of imidazole rings is 1. The minimum Gasteiger partial charge on any atom is -0.495 e. The van der Waals surface area contributed by atoms with Crippen LogP contribution in [-0.4, -0.2) is 35.8 Å². The first-order valence-corrected chi connectivity index (χ1v) is 11.1. The summed E-state index contributed by atoms with van der Waals surface area (Å²) < 4.78 is 12.1. The van der Waals surface area contributed by atoms with E-state index in [0.717, 1.165) is 51.2 Å². The van der Waals surface area contributed by atoms with Crippen molar-refractivity contribution >= 4 is 28.0 Å². The quantitative estimate of drug-likeness (QED) is 0.374. The van der Waals surface area contributed by atoms with E-state index < -0.39 is 0 Å². The fraction of sp³-hybridized carbons (Fsp3) is 0.217. The van der Waals surface area contributed by atoms with Crippen molar-refractivity contribution in [2.45, 2.75) is 26.7 Å². The van der Waals surface area contributed by atoms with Crippen molar-refractivity contribution in [2.24, 2.45) is 0 Å². The largest absolute Gasteiger partial charge is 0.495 e. The van der Waals surface area contributed by atoms with Gasteiger partial charge in [0.15, 0.2) is 11.5 Å². The number of hydrogen-bond donors (Lipinski definition) is 2. The molecule has 0 bridgehead atoms. The molecule has 0 atom stereocenters. The van der Waals surface area contributed by atoms with Gasteiger partial charge in [0.05, 0.1) is 36.1 Å². The highest BCUT2D eigenvalue weighted by Gasteiger charge is 2.15. The van der Waals surface area contributed by atoms with E-state index in [-0.39, 0.29) is 0 Å². The molecule has 5 rings (SSSR count). The summed E-state index contributed by atoms with van der Waals surface area (Å²) in [6.45, 7) is 4.11. The van der Waals surface area contributed by atoms with Crippen LogP contribution in [0.3, 0.4) is 0 Å². The lowest BCUT2D eigenvalue weighted by Crippen LogP contribution is -2.00. The van der Waals surface area contributed by atoms with E-state index in [1.54, 1.807) is 13.3 Å². The average Bonchev–Trinajstić information content (AvgIpc) is 3.53. The number of anilines is 2. The van der Waals surface area contributed by atoms with Gasteiger partial charge < -0.3 is 15.0 Å². The molecule has 0 radical (unpaired) electrons. The van der Waals surface area contributed by atoms with Crippen molar-refractivity contribution in [1.29, 1.82) is 0 Å². The highest BCUT2D eigenvalue weighted by molar-refractivity contribution is 7.10. The molecule has 0 aliphatic heterocycles. The van der Waals surface area contributed by atoms with Crippen molar-refractivity contribution in [2.75, 3.05) is 12.4 Å². The van der Waals surface area contributed by atoms with Crippen molar-refractivity contribution in [1.82, 2.24) is 28.7 Å². The Balaban J connectivity index is 1.43. The highest BCUT2D eigenvalue weighted by atomic mass is 32.1. The summed E-state index contributed by atoms with van der Waals surface area (Å²) in [5.74, 6) is 1.46. The molecule has 0 fully saturated rings. The van der Waals surface area contributed by atoms with Crippen LogP contribution >= 0.6 is 11.5 Å². The number of aromatic amines is 1. The Labute approximate surface area is 189 Å². The second-order valence-corrected chi connectivity index (χ2v) is 8.28. The van der Waals surface area contributed by atoms with Gasteiger partial charge in [0.2, 0.25) is 0 Å². The molecule has 8 nitrogen and oxygen atoms in total. The van der Waals surface area contributed by atoms with Crippen molar-refractivity contribution < 1.29 is 4.74 Å². The Morgan fingerprint density at radius 1 is 1.25 bits per heavy atom. The van der Waals surface area contributed by atoms with Gasteiger partial charge in [0, 0.05) is 36.3 Å². The Morgan fingerprint density at radius 3 is 2.97 bits per heavy atom. The van der Waals surface area contributed by atoms with Gasteiger partial charge in [-0.2, -0.15) is 4.37 Å². The maximum absolute atomic E-state index is 5.40. The van der Waals surface area contributed by atoms with Gasteiger partial charge in [-0.25, -0.2) is 9.97 Å². The summed E-state index contributed by atoms with van der Waals surface area (Å²) in [5, 5.41) is 4.30. The van der Waals surface area contributed by atoms with Crippen LogP contribution in [0.4, 0.5) is 10.8 Å². The topological polar surface area (TPSA) is 93.0 Å². The maximum Gasteiger partial charge on any atom is 0.180 e. The third-order valence-corrected chi connectivity index (χ3v) is 5.99. The number of nitrogens with zero attached hydrogens (tertiary/aromatic N) is 5. The van der Waals surface area contributed by atoms with E-state index in [0.29, 0.717) is 12.2 Å². The zero-order valence-corrected chi connectivity index (χ0v) is 18.9. The zero-order valence-electron chi connectivity index (χ0n) is 18.1. The summed E-state index contributed by atoms with van der Waals surface area (Å²) in [6, 6.07) is 7.95. The number of H-pyrrole nitrogens is 1. The van der Waals surface area contributed by atoms with Gasteiger partial charge in [-0.05, 0) is 49.1 Å². The predicted molar refractivity (Wildman–Crippen MR) is 126 cm³/mol. The smallest absolute Gasteiger partial charge is 0.180 e. The number of ether oxygens (including phenoxy) is 1. The molecule has 5 heterocycles. The lowest BCUT2D eigenvalue weighted by molar-refractivity contribution is 0.408. The van der Waals surface area contributed by atoms with Crippen LogP contribution in [0.5, 0.6) is 5.75 Å². The normalized spacial score (nSPS) is 11.2. The molecule has 162 valence electrons. The Morgan fingerprint density at radius 2 is 2.16 bits per heavy atom. The molecular weight excluding hydrogens is 422 g/mol. The molecule has 0 unspecified atom stereocenters. The van der Waals surface area contributed by atoms with Crippen molar-refractivity contribution in [3.05, 3.63) is 71.8 Å². The second kappa shape index (κ2) is 8.43. The van der Waals surface area contributed by atoms with E-state index in [4.69, 9.17) is 4.74 Å². The number of rotatable bonds is 7. The summed E-state index contributed by atoms with van der Waals surface area (Å²) in [4.78, 5) is 17.1. The van der Waals surface area contributed by atoms with Crippen LogP contribution in [-0.2, 0) is 12.8 Å². The third kappa shape index (κ3) is 3.82. The van der Waals surface area contributed by atoms with Crippen molar-refractivity contribution in [3.8, 4) is 17.0 Å². The molecular formula is C23H23N7OS. The maximum atomic E-state index is 5.40. The Kier molecular flexibility index (Phi) is 5.32. The van der Waals surface area contributed by atoms with E-state index in [1.165, 1.54) is 17.2 Å². The number of nitrogens with one attached hydrogen (secondary N) is 2. The molecule has 0 aromatic carbocycles. The van der Waals surface area contributed by atoms with E-state index in [1.807, 2.05) is 43.7 Å². The van der Waals surface area contributed by atoms with E-state index in [2.05, 4.69) is 47.0 Å². The van der Waals surface area contributed by atoms with E-state index in [9.17, 15) is 0 Å². The van der Waals surface area contributed by atoms with E-state index >= 15 is 0 Å². The first kappa shape index (κ1) is 20.2. The van der Waals surface area contributed by atoms with Crippen LogP contribution in [0.2, 0.25) is 0 Å². The molecule has 9 heteroatoms. The van der Waals surface area contributed by atoms with Crippen LogP contribution < -0.4 is 10.1 Å². The fourth-order valence-electron chi connectivity index (χ4n) is 3.68. The monoisotopic (exact) mass is 445 g/mol. The lowest BCUT2D eigenvalue weighted by atomic mass is 10.2. The zero-order chi connectivity index (χ0) is 22.1. The van der Waals surface area contributed by atoms with Crippen molar-refractivity contribution in [3.63, 3.8) is 0 Å². The molecule has 0 aliphatic carbocycles.